The number of hydrogen-bond donors (Lipinski definition) is 1. The van der Waals surface area contributed by atoms with Gasteiger partial charge >= 0.3 is 0 Å². The number of nitrogens with one attached hydrogen (secondary N) is 1. The van der Waals surface area contributed by atoms with Gasteiger partial charge in [0.2, 0.25) is 0 Å². The number of fused-ring (bicyclic) bond motifs is 1. The molecule has 0 bridgehead atoms. The minimum atomic E-state index is -3.87. The van der Waals surface area contributed by atoms with E-state index >= 15 is 0 Å². The Kier molecular flexibility index (Phi) is 5.73. The van der Waals surface area contributed by atoms with Gasteiger partial charge in [-0.3, -0.25) is 9.10 Å². The SMILES string of the molecule is C[C@@H]1Cc2cc(C(=O)N[C@H](C)c3ccc(F)cc3)ccc2N1S(=O)(=O)c1ccc(F)cc1. The Hall–Kier alpha value is -3.26. The van der Waals surface area contributed by atoms with Gasteiger partial charge in [-0.2, -0.15) is 0 Å². The van der Waals surface area contributed by atoms with Crippen molar-refractivity contribution in [3.05, 3.63) is 95.1 Å². The third kappa shape index (κ3) is 4.10. The Morgan fingerprint density at radius 2 is 1.59 bits per heavy atom. The molecule has 1 amide bonds. The molecule has 3 aromatic rings. The van der Waals surface area contributed by atoms with E-state index in [1.165, 1.54) is 28.6 Å². The van der Waals surface area contributed by atoms with Crippen molar-refractivity contribution < 1.29 is 22.0 Å². The van der Waals surface area contributed by atoms with E-state index in [4.69, 9.17) is 0 Å². The van der Waals surface area contributed by atoms with Crippen molar-refractivity contribution in [2.75, 3.05) is 4.31 Å². The predicted octanol–water partition coefficient (Wildman–Crippen LogP) is 4.60. The van der Waals surface area contributed by atoms with E-state index in [0.717, 1.165) is 23.3 Å². The van der Waals surface area contributed by atoms with Crippen LogP contribution in [0.15, 0.2) is 71.6 Å². The second-order valence-corrected chi connectivity index (χ2v) is 9.71. The van der Waals surface area contributed by atoms with Crippen LogP contribution in [-0.2, 0) is 16.4 Å². The molecule has 1 aliphatic heterocycles. The van der Waals surface area contributed by atoms with E-state index in [-0.39, 0.29) is 28.7 Å². The number of nitrogens with zero attached hydrogens (tertiary/aromatic N) is 1. The zero-order valence-electron chi connectivity index (χ0n) is 17.5. The highest BCUT2D eigenvalue weighted by Crippen LogP contribution is 2.37. The van der Waals surface area contributed by atoms with Gasteiger partial charge in [0.1, 0.15) is 11.6 Å². The first-order valence-electron chi connectivity index (χ1n) is 10.2. The topological polar surface area (TPSA) is 66.5 Å². The van der Waals surface area contributed by atoms with Crippen LogP contribution in [0.3, 0.4) is 0 Å². The van der Waals surface area contributed by atoms with Crippen molar-refractivity contribution in [1.29, 1.82) is 0 Å². The Balaban J connectivity index is 1.57. The Labute approximate surface area is 185 Å². The maximum absolute atomic E-state index is 13.2. The lowest BCUT2D eigenvalue weighted by Gasteiger charge is -2.24. The highest BCUT2D eigenvalue weighted by Gasteiger charge is 2.36. The molecule has 4 rings (SSSR count). The first kappa shape index (κ1) is 22.0. The average molecular weight is 457 g/mol. The van der Waals surface area contributed by atoms with Crippen molar-refractivity contribution in [3.63, 3.8) is 0 Å². The van der Waals surface area contributed by atoms with Gasteiger partial charge in [-0.1, -0.05) is 12.1 Å². The molecule has 0 radical (unpaired) electrons. The van der Waals surface area contributed by atoms with Crippen LogP contribution in [-0.4, -0.2) is 20.4 Å². The summed E-state index contributed by atoms with van der Waals surface area (Å²) < 4.78 is 54.0. The molecule has 166 valence electrons. The van der Waals surface area contributed by atoms with Crippen molar-refractivity contribution in [1.82, 2.24) is 5.32 Å². The van der Waals surface area contributed by atoms with Gasteiger partial charge in [0, 0.05) is 11.6 Å². The fourth-order valence-corrected chi connectivity index (χ4v) is 5.64. The summed E-state index contributed by atoms with van der Waals surface area (Å²) in [6.07, 6.45) is 0.449. The molecule has 0 spiro atoms. The fourth-order valence-electron chi connectivity index (χ4n) is 3.95. The highest BCUT2D eigenvalue weighted by atomic mass is 32.2. The minimum Gasteiger partial charge on any atom is -0.346 e. The van der Waals surface area contributed by atoms with Crippen LogP contribution in [0.25, 0.3) is 0 Å². The van der Waals surface area contributed by atoms with Gasteiger partial charge in [-0.05, 0) is 86.0 Å². The third-order valence-corrected chi connectivity index (χ3v) is 7.53. The Bertz CT molecular complexity index is 1260. The summed E-state index contributed by atoms with van der Waals surface area (Å²) in [6, 6.07) is 14.8. The van der Waals surface area contributed by atoms with Crippen LogP contribution in [0.2, 0.25) is 0 Å². The molecule has 3 aromatic carbocycles. The number of amides is 1. The van der Waals surface area contributed by atoms with Crippen LogP contribution in [0.4, 0.5) is 14.5 Å². The summed E-state index contributed by atoms with van der Waals surface area (Å²) in [5.74, 6) is -1.17. The van der Waals surface area contributed by atoms with Crippen molar-refractivity contribution in [2.45, 2.75) is 37.2 Å². The van der Waals surface area contributed by atoms with Crippen LogP contribution < -0.4 is 9.62 Å². The lowest BCUT2D eigenvalue weighted by atomic mass is 10.0. The molecule has 0 fully saturated rings. The molecule has 1 aliphatic rings. The summed E-state index contributed by atoms with van der Waals surface area (Å²) in [7, 11) is -3.87. The Morgan fingerprint density at radius 3 is 2.22 bits per heavy atom. The Morgan fingerprint density at radius 1 is 1.00 bits per heavy atom. The van der Waals surface area contributed by atoms with E-state index in [0.29, 0.717) is 17.7 Å². The van der Waals surface area contributed by atoms with Gasteiger partial charge in [0.15, 0.2) is 0 Å². The number of rotatable bonds is 5. The summed E-state index contributed by atoms with van der Waals surface area (Å²) in [6.45, 7) is 3.59. The molecular formula is C24H22F2N2O3S. The van der Waals surface area contributed by atoms with E-state index in [9.17, 15) is 22.0 Å². The summed E-state index contributed by atoms with van der Waals surface area (Å²) in [4.78, 5) is 12.8. The smallest absolute Gasteiger partial charge is 0.264 e. The van der Waals surface area contributed by atoms with Crippen molar-refractivity contribution in [2.24, 2.45) is 0 Å². The van der Waals surface area contributed by atoms with E-state index in [1.807, 2.05) is 0 Å². The lowest BCUT2D eigenvalue weighted by Crippen LogP contribution is -2.35. The van der Waals surface area contributed by atoms with Gasteiger partial charge in [0.25, 0.3) is 15.9 Å². The number of anilines is 1. The first-order chi connectivity index (χ1) is 15.2. The van der Waals surface area contributed by atoms with E-state index in [1.54, 1.807) is 44.2 Å². The summed E-state index contributed by atoms with van der Waals surface area (Å²) in [5, 5.41) is 2.88. The average Bonchev–Trinajstić information content (AvgIpc) is 3.10. The van der Waals surface area contributed by atoms with Gasteiger partial charge in [0.05, 0.1) is 16.6 Å². The molecule has 1 N–H and O–H groups in total. The highest BCUT2D eigenvalue weighted by molar-refractivity contribution is 7.92. The van der Waals surface area contributed by atoms with Crippen LogP contribution in [0, 0.1) is 11.6 Å². The summed E-state index contributed by atoms with van der Waals surface area (Å²) in [5.41, 5.74) is 2.42. The summed E-state index contributed by atoms with van der Waals surface area (Å²) >= 11 is 0. The molecule has 8 heteroatoms. The van der Waals surface area contributed by atoms with E-state index in [2.05, 4.69) is 5.32 Å². The zero-order valence-corrected chi connectivity index (χ0v) is 18.4. The molecule has 0 saturated carbocycles. The van der Waals surface area contributed by atoms with Gasteiger partial charge in [-0.25, -0.2) is 17.2 Å². The number of sulfonamides is 1. The maximum Gasteiger partial charge on any atom is 0.264 e. The largest absolute Gasteiger partial charge is 0.346 e. The second-order valence-electron chi connectivity index (χ2n) is 7.90. The van der Waals surface area contributed by atoms with Gasteiger partial charge in [-0.15, -0.1) is 0 Å². The minimum absolute atomic E-state index is 0.00791. The fraction of sp³-hybridized carbons (Fsp3) is 0.208. The molecular weight excluding hydrogens is 434 g/mol. The van der Waals surface area contributed by atoms with Crippen LogP contribution >= 0.6 is 0 Å². The number of carbonyl (C=O) groups excluding carboxylic acids is 1. The molecule has 32 heavy (non-hydrogen) atoms. The quantitative estimate of drug-likeness (QED) is 0.611. The monoisotopic (exact) mass is 456 g/mol. The lowest BCUT2D eigenvalue weighted by molar-refractivity contribution is 0.0940. The molecule has 0 aliphatic carbocycles. The predicted molar refractivity (Wildman–Crippen MR) is 118 cm³/mol. The number of carbonyl (C=O) groups is 1. The normalized spacial score (nSPS) is 16.5. The molecule has 2 atom stereocenters. The first-order valence-corrected chi connectivity index (χ1v) is 11.6. The molecule has 5 nitrogen and oxygen atoms in total. The van der Waals surface area contributed by atoms with Gasteiger partial charge < -0.3 is 5.32 Å². The zero-order chi connectivity index (χ0) is 23.0. The second kappa shape index (κ2) is 8.35. The molecule has 0 saturated heterocycles. The third-order valence-electron chi connectivity index (χ3n) is 5.58. The molecule has 1 heterocycles. The maximum atomic E-state index is 13.2. The number of halogens is 2. The standard InChI is InChI=1S/C24H22F2N2O3S/c1-15-13-19-14-18(24(29)27-16(2)17-3-6-20(25)7-4-17)5-12-23(19)28(15)32(30,31)22-10-8-21(26)9-11-22/h3-12,14-16H,13H2,1-2H3,(H,27,29)/t15-,16-/m1/s1. The van der Waals surface area contributed by atoms with Crippen molar-refractivity contribution >= 4 is 21.6 Å². The number of hydrogen-bond acceptors (Lipinski definition) is 3. The molecule has 0 unspecified atom stereocenters. The van der Waals surface area contributed by atoms with Crippen LogP contribution in [0.1, 0.15) is 41.4 Å². The van der Waals surface area contributed by atoms with Crippen molar-refractivity contribution in [3.8, 4) is 0 Å². The van der Waals surface area contributed by atoms with E-state index < -0.39 is 15.8 Å². The van der Waals surface area contributed by atoms with Crippen LogP contribution in [0.5, 0.6) is 0 Å². The molecule has 0 aromatic heterocycles. The number of benzene rings is 3.